The molecule has 0 radical (unpaired) electrons. The van der Waals surface area contributed by atoms with Gasteiger partial charge in [-0.1, -0.05) is 13.0 Å². The van der Waals surface area contributed by atoms with Gasteiger partial charge >= 0.3 is 0 Å². The Morgan fingerprint density at radius 1 is 0.966 bits per heavy atom. The van der Waals surface area contributed by atoms with Crippen LogP contribution in [0.4, 0.5) is 11.4 Å². The van der Waals surface area contributed by atoms with Gasteiger partial charge in [0.05, 0.1) is 0 Å². The Kier molecular flexibility index (Phi) is 6.65. The van der Waals surface area contributed by atoms with E-state index in [0.717, 1.165) is 32.2 Å². The zero-order valence-electron chi connectivity index (χ0n) is 16.9. The molecule has 0 saturated carbocycles. The topological polar surface area (TPSA) is 78.5 Å². The highest BCUT2D eigenvalue weighted by Crippen LogP contribution is 2.22. The zero-order chi connectivity index (χ0) is 20.8. The second-order valence-electron chi connectivity index (χ2n) is 7.35. The van der Waals surface area contributed by atoms with Crippen LogP contribution in [-0.2, 0) is 4.79 Å². The van der Waals surface area contributed by atoms with Gasteiger partial charge in [0.25, 0.3) is 11.8 Å². The normalized spacial score (nSPS) is 16.2. The number of nitrogens with one attached hydrogen (secondary N) is 2. The summed E-state index contributed by atoms with van der Waals surface area (Å²) in [6, 6.07) is 14.0. The van der Waals surface area contributed by atoms with Crippen LogP contribution in [0.5, 0.6) is 0 Å². The number of carbonyl (C=O) groups excluding carboxylic acids is 3. The Hall–Kier alpha value is -3.15. The standard InChI is InChI=1S/C23H27N3O3/c1-3-21-9-4-5-14-26(21)23(29)18-8-6-7-17(15-18)22(28)25-20-12-10-19(11-13-20)24-16(2)27/h6-8,10-13,15,21H,3-5,9,14H2,1-2H3,(H,24,27)(H,25,28). The summed E-state index contributed by atoms with van der Waals surface area (Å²) in [6.07, 6.45) is 4.17. The SMILES string of the molecule is CCC1CCCCN1C(=O)c1cccc(C(=O)Nc2ccc(NC(C)=O)cc2)c1. The van der Waals surface area contributed by atoms with Crippen molar-refractivity contribution in [1.82, 2.24) is 4.90 Å². The van der Waals surface area contributed by atoms with E-state index in [9.17, 15) is 14.4 Å². The number of nitrogens with zero attached hydrogens (tertiary/aromatic N) is 1. The molecule has 29 heavy (non-hydrogen) atoms. The second-order valence-corrected chi connectivity index (χ2v) is 7.35. The molecule has 1 heterocycles. The van der Waals surface area contributed by atoms with E-state index in [1.54, 1.807) is 48.5 Å². The van der Waals surface area contributed by atoms with Gasteiger partial charge in [-0.15, -0.1) is 0 Å². The van der Waals surface area contributed by atoms with Crippen LogP contribution in [0.3, 0.4) is 0 Å². The lowest BCUT2D eigenvalue weighted by atomic mass is 9.98. The van der Waals surface area contributed by atoms with Crippen molar-refractivity contribution in [3.8, 4) is 0 Å². The van der Waals surface area contributed by atoms with Crippen molar-refractivity contribution in [2.75, 3.05) is 17.2 Å². The molecule has 1 saturated heterocycles. The molecule has 2 aromatic carbocycles. The second kappa shape index (κ2) is 9.37. The fraction of sp³-hybridized carbons (Fsp3) is 0.348. The number of anilines is 2. The Morgan fingerprint density at radius 3 is 2.28 bits per heavy atom. The molecule has 0 aromatic heterocycles. The summed E-state index contributed by atoms with van der Waals surface area (Å²) < 4.78 is 0. The van der Waals surface area contributed by atoms with E-state index >= 15 is 0 Å². The van der Waals surface area contributed by atoms with Gasteiger partial charge in [-0.05, 0) is 68.1 Å². The number of benzene rings is 2. The minimum Gasteiger partial charge on any atom is -0.336 e. The molecule has 1 aliphatic rings. The summed E-state index contributed by atoms with van der Waals surface area (Å²) in [5.41, 5.74) is 2.25. The van der Waals surface area contributed by atoms with Gasteiger partial charge in [-0.25, -0.2) is 0 Å². The summed E-state index contributed by atoms with van der Waals surface area (Å²) in [5, 5.41) is 5.51. The summed E-state index contributed by atoms with van der Waals surface area (Å²) in [6.45, 7) is 4.32. The lowest BCUT2D eigenvalue weighted by Crippen LogP contribution is -2.43. The van der Waals surface area contributed by atoms with Crippen molar-refractivity contribution < 1.29 is 14.4 Å². The van der Waals surface area contributed by atoms with Crippen molar-refractivity contribution in [3.63, 3.8) is 0 Å². The molecule has 2 N–H and O–H groups in total. The molecule has 0 spiro atoms. The molecule has 152 valence electrons. The maximum atomic E-state index is 13.0. The first kappa shape index (κ1) is 20.6. The maximum Gasteiger partial charge on any atom is 0.255 e. The minimum absolute atomic E-state index is 0.00846. The fourth-order valence-corrected chi connectivity index (χ4v) is 3.70. The molecule has 6 nitrogen and oxygen atoms in total. The zero-order valence-corrected chi connectivity index (χ0v) is 16.9. The molecule has 0 bridgehead atoms. The molecular formula is C23H27N3O3. The van der Waals surface area contributed by atoms with Gasteiger partial charge in [0, 0.05) is 42.0 Å². The monoisotopic (exact) mass is 393 g/mol. The van der Waals surface area contributed by atoms with Crippen molar-refractivity contribution in [2.24, 2.45) is 0 Å². The third-order valence-corrected chi connectivity index (χ3v) is 5.19. The predicted octanol–water partition coefficient (Wildman–Crippen LogP) is 4.30. The van der Waals surface area contributed by atoms with Crippen LogP contribution >= 0.6 is 0 Å². The van der Waals surface area contributed by atoms with Crippen LogP contribution in [-0.4, -0.2) is 35.2 Å². The van der Waals surface area contributed by atoms with E-state index in [2.05, 4.69) is 17.6 Å². The van der Waals surface area contributed by atoms with Gasteiger partial charge in [0.2, 0.25) is 5.91 Å². The van der Waals surface area contributed by atoms with Gasteiger partial charge in [-0.2, -0.15) is 0 Å². The van der Waals surface area contributed by atoms with Gasteiger partial charge in [-0.3, -0.25) is 14.4 Å². The predicted molar refractivity (Wildman–Crippen MR) is 114 cm³/mol. The smallest absolute Gasteiger partial charge is 0.255 e. The Balaban J connectivity index is 1.70. The van der Waals surface area contributed by atoms with Crippen LogP contribution in [0, 0.1) is 0 Å². The Labute approximate surface area is 171 Å². The van der Waals surface area contributed by atoms with E-state index in [0.29, 0.717) is 22.5 Å². The molecule has 0 aliphatic carbocycles. The van der Waals surface area contributed by atoms with Crippen molar-refractivity contribution in [2.45, 2.75) is 45.6 Å². The molecule has 3 rings (SSSR count). The van der Waals surface area contributed by atoms with Crippen LogP contribution < -0.4 is 10.6 Å². The maximum absolute atomic E-state index is 13.0. The first-order valence-electron chi connectivity index (χ1n) is 10.1. The largest absolute Gasteiger partial charge is 0.336 e. The molecule has 3 amide bonds. The summed E-state index contributed by atoms with van der Waals surface area (Å²) in [7, 11) is 0. The highest BCUT2D eigenvalue weighted by Gasteiger charge is 2.26. The Bertz CT molecular complexity index is 892. The van der Waals surface area contributed by atoms with E-state index in [4.69, 9.17) is 0 Å². The third-order valence-electron chi connectivity index (χ3n) is 5.19. The molecular weight excluding hydrogens is 366 g/mol. The van der Waals surface area contributed by atoms with Gasteiger partial charge in [0.1, 0.15) is 0 Å². The number of carbonyl (C=O) groups is 3. The van der Waals surface area contributed by atoms with E-state index < -0.39 is 0 Å². The third kappa shape index (κ3) is 5.22. The number of piperidine rings is 1. The van der Waals surface area contributed by atoms with Crippen LogP contribution in [0.2, 0.25) is 0 Å². The van der Waals surface area contributed by atoms with Crippen molar-refractivity contribution in [1.29, 1.82) is 0 Å². The number of amides is 3. The quantitative estimate of drug-likeness (QED) is 0.795. The average molecular weight is 393 g/mol. The summed E-state index contributed by atoms with van der Waals surface area (Å²) in [4.78, 5) is 38.7. The molecule has 1 unspecified atom stereocenters. The van der Waals surface area contributed by atoms with Crippen molar-refractivity contribution >= 4 is 29.1 Å². The number of hydrogen-bond donors (Lipinski definition) is 2. The number of rotatable bonds is 5. The number of hydrogen-bond acceptors (Lipinski definition) is 3. The van der Waals surface area contributed by atoms with E-state index in [1.807, 2.05) is 4.90 Å². The average Bonchev–Trinajstić information content (AvgIpc) is 2.74. The first-order chi connectivity index (χ1) is 14.0. The molecule has 1 atom stereocenters. The van der Waals surface area contributed by atoms with Crippen molar-refractivity contribution in [3.05, 3.63) is 59.7 Å². The van der Waals surface area contributed by atoms with E-state index in [-0.39, 0.29) is 23.8 Å². The molecule has 1 fully saturated rings. The lowest BCUT2D eigenvalue weighted by molar-refractivity contribution is -0.114. The molecule has 1 aliphatic heterocycles. The van der Waals surface area contributed by atoms with Crippen LogP contribution in [0.15, 0.2) is 48.5 Å². The lowest BCUT2D eigenvalue weighted by Gasteiger charge is -2.35. The molecule has 2 aromatic rings. The van der Waals surface area contributed by atoms with Gasteiger partial charge in [0.15, 0.2) is 0 Å². The van der Waals surface area contributed by atoms with E-state index in [1.165, 1.54) is 6.92 Å². The van der Waals surface area contributed by atoms with Crippen LogP contribution in [0.25, 0.3) is 0 Å². The minimum atomic E-state index is -0.280. The summed E-state index contributed by atoms with van der Waals surface area (Å²) in [5.74, 6) is -0.439. The fourth-order valence-electron chi connectivity index (χ4n) is 3.70. The molecule has 6 heteroatoms. The number of likely N-dealkylation sites (tertiary alicyclic amines) is 1. The van der Waals surface area contributed by atoms with Crippen LogP contribution in [0.1, 0.15) is 60.2 Å². The first-order valence-corrected chi connectivity index (χ1v) is 10.1. The Morgan fingerprint density at radius 2 is 1.62 bits per heavy atom. The summed E-state index contributed by atoms with van der Waals surface area (Å²) >= 11 is 0. The van der Waals surface area contributed by atoms with Gasteiger partial charge < -0.3 is 15.5 Å². The highest BCUT2D eigenvalue weighted by atomic mass is 16.2. The highest BCUT2D eigenvalue weighted by molar-refractivity contribution is 6.06.